The number of hydrogen-bond acceptors (Lipinski definition) is 5. The maximum Gasteiger partial charge on any atom is 0.271 e. The van der Waals surface area contributed by atoms with Crippen molar-refractivity contribution in [3.63, 3.8) is 0 Å². The van der Waals surface area contributed by atoms with Gasteiger partial charge in [-0.15, -0.1) is 11.8 Å². The fourth-order valence-corrected chi connectivity index (χ4v) is 4.98. The number of thioether (sulfide) groups is 1. The summed E-state index contributed by atoms with van der Waals surface area (Å²) in [4.78, 5) is 28.8. The van der Waals surface area contributed by atoms with Crippen molar-refractivity contribution in [1.82, 2.24) is 14.7 Å². The van der Waals surface area contributed by atoms with Crippen LogP contribution in [0.2, 0.25) is 0 Å². The Bertz CT molecular complexity index is 1400. The molecule has 188 valence electrons. The SMILES string of the molecule is CCCCCN1C(=O)C(C#N)=C(C)/C(=C\c2cn(-c3ccccc3)nc2-c2ccc(SCC)cc2)C1=O. The van der Waals surface area contributed by atoms with Gasteiger partial charge in [0.25, 0.3) is 11.8 Å². The number of nitrogens with zero attached hydrogens (tertiary/aromatic N) is 4. The van der Waals surface area contributed by atoms with Gasteiger partial charge in [-0.05, 0) is 55.0 Å². The van der Waals surface area contributed by atoms with Gasteiger partial charge in [0.15, 0.2) is 0 Å². The van der Waals surface area contributed by atoms with Gasteiger partial charge in [-0.2, -0.15) is 10.4 Å². The van der Waals surface area contributed by atoms with Gasteiger partial charge >= 0.3 is 0 Å². The smallest absolute Gasteiger partial charge is 0.271 e. The summed E-state index contributed by atoms with van der Waals surface area (Å²) in [5.74, 6) is 0.107. The zero-order valence-electron chi connectivity index (χ0n) is 21.4. The van der Waals surface area contributed by atoms with Crippen molar-refractivity contribution in [3.8, 4) is 23.0 Å². The fourth-order valence-electron chi connectivity index (χ4n) is 4.31. The van der Waals surface area contributed by atoms with Gasteiger partial charge in [0, 0.05) is 34.3 Å². The summed E-state index contributed by atoms with van der Waals surface area (Å²) < 4.78 is 1.79. The van der Waals surface area contributed by atoms with Gasteiger partial charge in [0.05, 0.1) is 11.4 Å². The number of carbonyl (C=O) groups is 2. The minimum Gasteiger partial charge on any atom is -0.274 e. The van der Waals surface area contributed by atoms with E-state index in [0.29, 0.717) is 24.1 Å². The maximum absolute atomic E-state index is 13.5. The second kappa shape index (κ2) is 11.9. The minimum absolute atomic E-state index is 0.0142. The molecule has 0 aliphatic carbocycles. The molecule has 7 heteroatoms. The van der Waals surface area contributed by atoms with E-state index in [-0.39, 0.29) is 11.5 Å². The number of para-hydroxylation sites is 1. The van der Waals surface area contributed by atoms with Crippen LogP contribution < -0.4 is 0 Å². The van der Waals surface area contributed by atoms with E-state index in [1.54, 1.807) is 29.4 Å². The second-order valence-electron chi connectivity index (χ2n) is 8.81. The highest BCUT2D eigenvalue weighted by atomic mass is 32.2. The number of rotatable bonds is 9. The lowest BCUT2D eigenvalue weighted by Gasteiger charge is -2.27. The molecule has 37 heavy (non-hydrogen) atoms. The molecule has 0 radical (unpaired) electrons. The highest BCUT2D eigenvalue weighted by Gasteiger charge is 2.35. The number of carbonyl (C=O) groups excluding carboxylic acids is 2. The number of aromatic nitrogens is 2. The first kappa shape index (κ1) is 26.2. The van der Waals surface area contributed by atoms with Crippen LogP contribution in [0.15, 0.2) is 82.4 Å². The topological polar surface area (TPSA) is 79.0 Å². The summed E-state index contributed by atoms with van der Waals surface area (Å²) in [7, 11) is 0. The van der Waals surface area contributed by atoms with Crippen LogP contribution in [0.5, 0.6) is 0 Å². The first-order chi connectivity index (χ1) is 18.0. The van der Waals surface area contributed by atoms with Gasteiger partial charge in [0.2, 0.25) is 0 Å². The van der Waals surface area contributed by atoms with Crippen molar-refractivity contribution in [2.24, 2.45) is 0 Å². The van der Waals surface area contributed by atoms with Crippen molar-refractivity contribution in [1.29, 1.82) is 5.26 Å². The van der Waals surface area contributed by atoms with E-state index in [4.69, 9.17) is 5.10 Å². The van der Waals surface area contributed by atoms with Crippen LogP contribution in [0.25, 0.3) is 23.0 Å². The Labute approximate surface area is 222 Å². The molecule has 0 fully saturated rings. The lowest BCUT2D eigenvalue weighted by Crippen LogP contribution is -2.43. The molecule has 0 saturated carbocycles. The minimum atomic E-state index is -0.512. The molecule has 0 unspecified atom stereocenters. The molecule has 0 atom stereocenters. The normalized spacial score (nSPS) is 15.0. The van der Waals surface area contributed by atoms with Crippen molar-refractivity contribution in [2.45, 2.75) is 44.9 Å². The Morgan fingerprint density at radius 1 is 1.00 bits per heavy atom. The largest absolute Gasteiger partial charge is 0.274 e. The highest BCUT2D eigenvalue weighted by Crippen LogP contribution is 2.32. The molecular formula is C30H30N4O2S. The maximum atomic E-state index is 13.5. The van der Waals surface area contributed by atoms with Crippen LogP contribution in [0.3, 0.4) is 0 Å². The number of benzene rings is 2. The first-order valence-corrected chi connectivity index (χ1v) is 13.5. The summed E-state index contributed by atoms with van der Waals surface area (Å²) >= 11 is 1.77. The van der Waals surface area contributed by atoms with Crippen LogP contribution in [-0.2, 0) is 9.59 Å². The van der Waals surface area contributed by atoms with Gasteiger partial charge in [-0.25, -0.2) is 4.68 Å². The third kappa shape index (κ3) is 5.60. The number of unbranched alkanes of at least 4 members (excludes halogenated alkanes) is 2. The molecule has 0 saturated heterocycles. The van der Waals surface area contributed by atoms with E-state index in [2.05, 4.69) is 26.0 Å². The molecule has 2 amide bonds. The summed E-state index contributed by atoms with van der Waals surface area (Å²) in [6.07, 6.45) is 6.23. The van der Waals surface area contributed by atoms with E-state index in [1.165, 1.54) is 9.80 Å². The molecule has 1 aliphatic rings. The monoisotopic (exact) mass is 510 g/mol. The standard InChI is InChI=1S/C30H30N4O2S/c1-4-6-10-17-33-29(35)26(21(3)27(19-31)30(33)36)18-23-20-34(24-11-8-7-9-12-24)32-28(23)22-13-15-25(16-14-22)37-5-2/h7-9,11-16,18,20H,4-6,10,17H2,1-3H3/b26-18+. The third-order valence-corrected chi connectivity index (χ3v) is 7.21. The van der Waals surface area contributed by atoms with Gasteiger partial charge in [-0.3, -0.25) is 14.5 Å². The molecule has 1 aliphatic heterocycles. The second-order valence-corrected chi connectivity index (χ2v) is 10.1. The van der Waals surface area contributed by atoms with E-state index >= 15 is 0 Å². The average molecular weight is 511 g/mol. The summed E-state index contributed by atoms with van der Waals surface area (Å²) in [5, 5.41) is 14.6. The van der Waals surface area contributed by atoms with Crippen molar-refractivity contribution in [3.05, 3.63) is 83.1 Å². The summed E-state index contributed by atoms with van der Waals surface area (Å²) in [5.41, 5.74) is 4.03. The molecule has 0 spiro atoms. The van der Waals surface area contributed by atoms with Crippen molar-refractivity contribution < 1.29 is 9.59 Å². The zero-order valence-corrected chi connectivity index (χ0v) is 22.2. The third-order valence-electron chi connectivity index (χ3n) is 6.31. The molecule has 2 aromatic carbocycles. The van der Waals surface area contributed by atoms with Crippen LogP contribution in [0, 0.1) is 11.3 Å². The van der Waals surface area contributed by atoms with Crippen LogP contribution in [0.4, 0.5) is 0 Å². The Hall–Kier alpha value is -3.89. The Kier molecular flexibility index (Phi) is 8.42. The van der Waals surface area contributed by atoms with Crippen LogP contribution in [0.1, 0.15) is 45.6 Å². The average Bonchev–Trinajstić information content (AvgIpc) is 3.34. The van der Waals surface area contributed by atoms with Crippen LogP contribution >= 0.6 is 11.8 Å². The molecule has 6 nitrogen and oxygen atoms in total. The molecule has 3 aromatic rings. The quantitative estimate of drug-likeness (QED) is 0.143. The molecular weight excluding hydrogens is 480 g/mol. The summed E-state index contributed by atoms with van der Waals surface area (Å²) in [6, 6.07) is 20.0. The molecule has 0 N–H and O–H groups in total. The number of hydrogen-bond donors (Lipinski definition) is 0. The molecule has 2 heterocycles. The molecule has 4 rings (SSSR count). The van der Waals surface area contributed by atoms with Gasteiger partial charge in [0.1, 0.15) is 11.6 Å². The van der Waals surface area contributed by atoms with Gasteiger partial charge < -0.3 is 0 Å². The van der Waals surface area contributed by atoms with Crippen molar-refractivity contribution in [2.75, 3.05) is 12.3 Å². The lowest BCUT2D eigenvalue weighted by molar-refractivity contribution is -0.140. The highest BCUT2D eigenvalue weighted by molar-refractivity contribution is 7.99. The summed E-state index contributed by atoms with van der Waals surface area (Å²) in [6.45, 7) is 6.15. The van der Waals surface area contributed by atoms with E-state index in [1.807, 2.05) is 54.7 Å². The Balaban J connectivity index is 1.84. The predicted molar refractivity (Wildman–Crippen MR) is 148 cm³/mol. The predicted octanol–water partition coefficient (Wildman–Crippen LogP) is 6.43. The van der Waals surface area contributed by atoms with Gasteiger partial charge in [-0.1, -0.05) is 57.0 Å². The van der Waals surface area contributed by atoms with Crippen LogP contribution in [-0.4, -0.2) is 38.8 Å². The molecule has 1 aromatic heterocycles. The van der Waals surface area contributed by atoms with E-state index < -0.39 is 5.91 Å². The van der Waals surface area contributed by atoms with E-state index in [9.17, 15) is 14.9 Å². The number of imide groups is 1. The lowest BCUT2D eigenvalue weighted by atomic mass is 9.93. The molecule has 0 bridgehead atoms. The fraction of sp³-hybridized carbons (Fsp3) is 0.267. The zero-order chi connectivity index (χ0) is 26.4. The number of amides is 2. The van der Waals surface area contributed by atoms with E-state index in [0.717, 1.165) is 41.1 Å². The Morgan fingerprint density at radius 2 is 1.73 bits per heavy atom. The first-order valence-electron chi connectivity index (χ1n) is 12.6. The van der Waals surface area contributed by atoms with Crippen molar-refractivity contribution >= 4 is 29.7 Å². The number of nitriles is 1. The Morgan fingerprint density at radius 3 is 2.38 bits per heavy atom.